The van der Waals surface area contributed by atoms with E-state index in [9.17, 15) is 1.37 Å². The van der Waals surface area contributed by atoms with Gasteiger partial charge in [-0.3, -0.25) is 4.57 Å². The van der Waals surface area contributed by atoms with Crippen molar-refractivity contribution in [1.82, 2.24) is 14.1 Å². The SMILES string of the molecule is [2H]c1c([2H])c([2H])c2c(c1[2H])c1ccc(Oc3cc(-n4c[n+](-c5c(-c6ccc7c(c6)C(C)(C)CCC7(C)C)cc(C(C)(C)C)cc5-c5ccc6c(c5)C(C)(C)CCC6(C)C)c5ccccc54)ccc3C)cc1n2-c1cc(C(C)(C)C)ccn1. The van der Waals surface area contributed by atoms with Gasteiger partial charge in [0.05, 0.1) is 16.5 Å². The van der Waals surface area contributed by atoms with Gasteiger partial charge in [0.2, 0.25) is 0 Å². The molecule has 2 aliphatic rings. The molecule has 0 saturated heterocycles. The number of benzene rings is 7. The third kappa shape index (κ3) is 8.68. The molecule has 0 fully saturated rings. The molecule has 3 aromatic heterocycles. The van der Waals surface area contributed by atoms with Crippen LogP contribution in [0.5, 0.6) is 11.5 Å². The van der Waals surface area contributed by atoms with Gasteiger partial charge in [0.1, 0.15) is 28.7 Å². The fourth-order valence-electron chi connectivity index (χ4n) is 12.8. The van der Waals surface area contributed by atoms with Crippen molar-refractivity contribution >= 4 is 32.8 Å². The number of aromatic nitrogens is 4. The van der Waals surface area contributed by atoms with Crippen molar-refractivity contribution in [3.8, 4) is 50.9 Å². The van der Waals surface area contributed by atoms with Crippen molar-refractivity contribution in [2.75, 3.05) is 0 Å². The largest absolute Gasteiger partial charge is 0.457 e. The van der Waals surface area contributed by atoms with Crippen LogP contribution in [-0.4, -0.2) is 14.1 Å². The summed E-state index contributed by atoms with van der Waals surface area (Å²) in [6.45, 7) is 34.9. The van der Waals surface area contributed by atoms with Gasteiger partial charge in [-0.05, 0) is 176 Å². The van der Waals surface area contributed by atoms with Crippen LogP contribution in [0, 0.1) is 6.92 Å². The molecule has 7 aromatic carbocycles. The van der Waals surface area contributed by atoms with Crippen molar-refractivity contribution in [2.45, 2.75) is 162 Å². The van der Waals surface area contributed by atoms with E-state index in [-0.39, 0.29) is 56.7 Å². The lowest BCUT2D eigenvalue weighted by Crippen LogP contribution is -2.34. The fraction of sp³-hybridized carbons (Fsp3) is 0.342. The number of imidazole rings is 1. The van der Waals surface area contributed by atoms with Crippen LogP contribution >= 0.6 is 0 Å². The summed E-state index contributed by atoms with van der Waals surface area (Å²) in [6.07, 6.45) is 8.62. The Balaban J connectivity index is 1.06. The summed E-state index contributed by atoms with van der Waals surface area (Å²) in [5.41, 5.74) is 19.0. The van der Waals surface area contributed by atoms with Gasteiger partial charge < -0.3 is 4.74 Å². The summed E-state index contributed by atoms with van der Waals surface area (Å²) in [5.74, 6) is 1.81. The molecular weight excluding hydrogens is 949 g/mol. The number of fused-ring (bicyclic) bond motifs is 6. The highest BCUT2D eigenvalue weighted by Crippen LogP contribution is 2.51. The van der Waals surface area contributed by atoms with E-state index < -0.39 is 0 Å². The van der Waals surface area contributed by atoms with Crippen LogP contribution in [0.4, 0.5) is 0 Å². The van der Waals surface area contributed by atoms with E-state index in [1.54, 1.807) is 6.20 Å². The van der Waals surface area contributed by atoms with E-state index in [0.29, 0.717) is 39.1 Å². The summed E-state index contributed by atoms with van der Waals surface area (Å²) in [7, 11) is 0. The van der Waals surface area contributed by atoms with Crippen LogP contribution in [0.3, 0.4) is 0 Å². The Morgan fingerprint density at radius 1 is 0.551 bits per heavy atom. The van der Waals surface area contributed by atoms with E-state index >= 15 is 0 Å². The van der Waals surface area contributed by atoms with Crippen LogP contribution in [-0.2, 0) is 32.5 Å². The van der Waals surface area contributed by atoms with Gasteiger partial charge in [-0.2, -0.15) is 9.13 Å². The van der Waals surface area contributed by atoms with Crippen LogP contribution < -0.4 is 9.30 Å². The number of ether oxygens (including phenoxy) is 1. The number of nitrogens with zero attached hydrogens (tertiary/aromatic N) is 4. The third-order valence-corrected chi connectivity index (χ3v) is 18.1. The number of pyridine rings is 1. The molecule has 0 atom stereocenters. The Morgan fingerprint density at radius 3 is 1.76 bits per heavy atom. The zero-order chi connectivity index (χ0) is 58.5. The van der Waals surface area contributed by atoms with Crippen LogP contribution in [0.15, 0.2) is 158 Å². The summed E-state index contributed by atoms with van der Waals surface area (Å²) in [6, 6.07) is 43.8. The first-order valence-corrected chi connectivity index (χ1v) is 28.3. The maximum atomic E-state index is 9.20. The zero-order valence-corrected chi connectivity index (χ0v) is 48.7. The lowest BCUT2D eigenvalue weighted by atomic mass is 9.62. The first-order valence-electron chi connectivity index (χ1n) is 30.3. The molecule has 5 heteroatoms. The van der Waals surface area contributed by atoms with E-state index in [1.165, 1.54) is 50.1 Å². The first kappa shape index (κ1) is 46.8. The lowest BCUT2D eigenvalue weighted by molar-refractivity contribution is -0.566. The van der Waals surface area contributed by atoms with E-state index in [2.05, 4.69) is 210 Å². The second kappa shape index (κ2) is 17.9. The molecule has 12 rings (SSSR count). The van der Waals surface area contributed by atoms with Crippen molar-refractivity contribution < 1.29 is 14.8 Å². The normalized spacial score (nSPS) is 17.3. The molecule has 0 saturated carbocycles. The summed E-state index contributed by atoms with van der Waals surface area (Å²) in [5, 5.41) is 1.13. The molecule has 0 amide bonds. The lowest BCUT2D eigenvalue weighted by Gasteiger charge is -2.42. The maximum absolute atomic E-state index is 9.20. The topological polar surface area (TPSA) is 35.9 Å². The number of rotatable bonds is 7. The molecule has 5 nitrogen and oxygen atoms in total. The molecule has 2 aliphatic carbocycles. The maximum Gasteiger partial charge on any atom is 0.255 e. The molecule has 0 N–H and O–H groups in total. The van der Waals surface area contributed by atoms with E-state index in [1.807, 2.05) is 34.9 Å². The summed E-state index contributed by atoms with van der Waals surface area (Å²) >= 11 is 0. The average molecular weight is 1030 g/mol. The van der Waals surface area contributed by atoms with Gasteiger partial charge in [0, 0.05) is 40.2 Å². The van der Waals surface area contributed by atoms with Crippen molar-refractivity contribution in [3.63, 3.8) is 0 Å². The Kier molecular flexibility index (Phi) is 10.7. The van der Waals surface area contributed by atoms with Gasteiger partial charge in [0.15, 0.2) is 11.0 Å². The Labute approximate surface area is 469 Å². The summed E-state index contributed by atoms with van der Waals surface area (Å²) < 4.78 is 49.3. The highest BCUT2D eigenvalue weighted by atomic mass is 16.5. The zero-order valence-electron chi connectivity index (χ0n) is 52.7. The van der Waals surface area contributed by atoms with E-state index in [0.717, 1.165) is 59.2 Å². The Bertz CT molecular complexity index is 4190. The smallest absolute Gasteiger partial charge is 0.255 e. The Morgan fingerprint density at radius 2 is 1.14 bits per heavy atom. The molecular formula is C73H79N4O+. The average Bonchev–Trinajstić information content (AvgIpc) is 3.67. The van der Waals surface area contributed by atoms with Gasteiger partial charge in [0.25, 0.3) is 6.33 Å². The molecule has 0 bridgehead atoms. The number of aryl methyl sites for hydroxylation is 1. The Hall–Kier alpha value is -7.24. The molecule has 396 valence electrons. The number of hydrogen-bond donors (Lipinski definition) is 0. The molecule has 10 aromatic rings. The number of para-hydroxylation sites is 3. The molecule has 0 unspecified atom stereocenters. The predicted octanol–water partition coefficient (Wildman–Crippen LogP) is 19.1. The molecule has 0 aliphatic heterocycles. The summed E-state index contributed by atoms with van der Waals surface area (Å²) in [4.78, 5) is 4.82. The van der Waals surface area contributed by atoms with Gasteiger partial charge in [-0.15, -0.1) is 0 Å². The molecule has 0 spiro atoms. The van der Waals surface area contributed by atoms with Crippen LogP contribution in [0.1, 0.15) is 167 Å². The molecule has 3 heterocycles. The van der Waals surface area contributed by atoms with Crippen LogP contribution in [0.25, 0.3) is 72.3 Å². The minimum Gasteiger partial charge on any atom is -0.457 e. The molecule has 0 radical (unpaired) electrons. The highest BCUT2D eigenvalue weighted by molar-refractivity contribution is 6.09. The van der Waals surface area contributed by atoms with Gasteiger partial charge in [-0.25, -0.2) is 4.98 Å². The minimum atomic E-state index is -0.288. The fourth-order valence-corrected chi connectivity index (χ4v) is 12.8. The van der Waals surface area contributed by atoms with Crippen molar-refractivity contribution in [2.24, 2.45) is 0 Å². The second-order valence-corrected chi connectivity index (χ2v) is 27.5. The highest BCUT2D eigenvalue weighted by Gasteiger charge is 2.40. The standard InChI is InChI=1S/C73H79N4O/c1-46-24-27-51(43-65(46)78-52-28-29-54-53-20-16-17-21-61(53)77(64(54)44-52)66-42-49(32-37-74-66)68(2,3)4)75-45-76(63-23-19-18-22-62(63)75)67-55(47-25-30-57-59(38-47)72(12,13)35-33-70(57,8)9)40-50(69(5,6)7)41-56(67)48-26-31-58-60(39-48)73(14,15)36-34-71(58,10)11/h16-32,37-45H,33-36H2,1-15H3/q+1/i16D,17D,20D,21D. The first-order chi connectivity index (χ1) is 38.4. The molecule has 78 heavy (non-hydrogen) atoms. The second-order valence-electron chi connectivity index (χ2n) is 27.5. The van der Waals surface area contributed by atoms with Crippen molar-refractivity contribution in [1.29, 1.82) is 0 Å². The quantitative estimate of drug-likeness (QED) is 0.149. The monoisotopic (exact) mass is 1030 g/mol. The van der Waals surface area contributed by atoms with Crippen LogP contribution in [0.2, 0.25) is 0 Å². The van der Waals surface area contributed by atoms with Gasteiger partial charge in [-0.1, -0.05) is 170 Å². The predicted molar refractivity (Wildman–Crippen MR) is 327 cm³/mol. The number of hydrogen-bond acceptors (Lipinski definition) is 2. The van der Waals surface area contributed by atoms with Crippen molar-refractivity contribution in [3.05, 3.63) is 197 Å². The minimum absolute atomic E-state index is 0.0195. The third-order valence-electron chi connectivity index (χ3n) is 18.1. The van der Waals surface area contributed by atoms with Gasteiger partial charge >= 0.3 is 0 Å². The van der Waals surface area contributed by atoms with E-state index in [4.69, 9.17) is 13.8 Å².